The molecule has 0 aliphatic carbocycles. The number of hydrogen-bond donors (Lipinski definition) is 2. The van der Waals surface area contributed by atoms with Crippen molar-refractivity contribution >= 4 is 34.8 Å². The predicted molar refractivity (Wildman–Crippen MR) is 113 cm³/mol. The predicted octanol–water partition coefficient (Wildman–Crippen LogP) is 3.62. The van der Waals surface area contributed by atoms with Crippen molar-refractivity contribution in [2.24, 2.45) is 0 Å². The molecule has 0 atom stereocenters. The van der Waals surface area contributed by atoms with Crippen molar-refractivity contribution in [1.82, 2.24) is 4.90 Å². The third-order valence-electron chi connectivity index (χ3n) is 4.43. The number of nitrogens with one attached hydrogen (secondary N) is 2. The maximum absolute atomic E-state index is 13.8. The van der Waals surface area contributed by atoms with Gasteiger partial charge in [0.25, 0.3) is 0 Å². The summed E-state index contributed by atoms with van der Waals surface area (Å²) < 4.78 is 18.9. The van der Waals surface area contributed by atoms with Crippen LogP contribution in [0.2, 0.25) is 5.02 Å². The zero-order chi connectivity index (χ0) is 21.4. The molecule has 0 spiro atoms. The van der Waals surface area contributed by atoms with Gasteiger partial charge in [0.2, 0.25) is 11.8 Å². The van der Waals surface area contributed by atoms with Crippen molar-refractivity contribution in [2.45, 2.75) is 13.8 Å². The monoisotopic (exact) mass is 421 g/mol. The Labute approximate surface area is 175 Å². The SMILES string of the molecule is COCCN(CC(=O)Nc1cc(Cl)ccc1F)CC(=O)Nc1cccc(C)c1C. The Kier molecular flexibility index (Phi) is 8.57. The molecule has 2 aromatic carbocycles. The largest absolute Gasteiger partial charge is 0.383 e. The molecule has 0 aliphatic rings. The first kappa shape index (κ1) is 22.8. The Morgan fingerprint density at radius 3 is 2.38 bits per heavy atom. The average molecular weight is 422 g/mol. The first-order valence-electron chi connectivity index (χ1n) is 9.12. The van der Waals surface area contributed by atoms with Crippen molar-refractivity contribution in [3.8, 4) is 0 Å². The number of benzene rings is 2. The van der Waals surface area contributed by atoms with E-state index in [2.05, 4.69) is 10.6 Å². The van der Waals surface area contributed by atoms with E-state index in [-0.39, 0.29) is 24.7 Å². The van der Waals surface area contributed by atoms with Gasteiger partial charge in [-0.3, -0.25) is 14.5 Å². The van der Waals surface area contributed by atoms with Gasteiger partial charge in [-0.15, -0.1) is 0 Å². The summed E-state index contributed by atoms with van der Waals surface area (Å²) in [6.07, 6.45) is 0. The van der Waals surface area contributed by atoms with Crippen LogP contribution in [0, 0.1) is 19.7 Å². The summed E-state index contributed by atoms with van der Waals surface area (Å²) in [4.78, 5) is 26.5. The number of carbonyl (C=O) groups excluding carboxylic acids is 2. The van der Waals surface area contributed by atoms with E-state index in [4.69, 9.17) is 16.3 Å². The second-order valence-electron chi connectivity index (χ2n) is 6.67. The second kappa shape index (κ2) is 10.9. The lowest BCUT2D eigenvalue weighted by Gasteiger charge is -2.21. The molecule has 0 bridgehead atoms. The van der Waals surface area contributed by atoms with Gasteiger partial charge in [-0.25, -0.2) is 4.39 Å². The fourth-order valence-corrected chi connectivity index (χ4v) is 2.87. The summed E-state index contributed by atoms with van der Waals surface area (Å²) >= 11 is 5.85. The molecule has 0 radical (unpaired) electrons. The Bertz CT molecular complexity index is 858. The van der Waals surface area contributed by atoms with Crippen LogP contribution in [0.3, 0.4) is 0 Å². The standard InChI is InChI=1S/C21H25ClFN3O3/c1-14-5-4-6-18(15(14)2)24-20(27)12-26(9-10-29-3)13-21(28)25-19-11-16(22)7-8-17(19)23/h4-8,11H,9-10,12-13H2,1-3H3,(H,24,27)(H,25,28). The summed E-state index contributed by atoms with van der Waals surface area (Å²) in [5.41, 5.74) is 2.78. The zero-order valence-electron chi connectivity index (χ0n) is 16.7. The molecular weight excluding hydrogens is 397 g/mol. The molecule has 2 amide bonds. The van der Waals surface area contributed by atoms with Gasteiger partial charge < -0.3 is 15.4 Å². The molecule has 0 aromatic heterocycles. The quantitative estimate of drug-likeness (QED) is 0.648. The van der Waals surface area contributed by atoms with Gasteiger partial charge in [-0.05, 0) is 49.2 Å². The van der Waals surface area contributed by atoms with E-state index in [0.29, 0.717) is 18.2 Å². The summed E-state index contributed by atoms with van der Waals surface area (Å²) in [6.45, 7) is 4.49. The highest BCUT2D eigenvalue weighted by atomic mass is 35.5. The molecule has 0 unspecified atom stereocenters. The van der Waals surface area contributed by atoms with Crippen molar-refractivity contribution in [3.63, 3.8) is 0 Å². The van der Waals surface area contributed by atoms with E-state index >= 15 is 0 Å². The summed E-state index contributed by atoms with van der Waals surface area (Å²) in [6, 6.07) is 9.58. The molecule has 156 valence electrons. The van der Waals surface area contributed by atoms with Crippen LogP contribution in [0.4, 0.5) is 15.8 Å². The fraction of sp³-hybridized carbons (Fsp3) is 0.333. The van der Waals surface area contributed by atoms with Crippen LogP contribution in [-0.2, 0) is 14.3 Å². The lowest BCUT2D eigenvalue weighted by molar-refractivity contribution is -0.120. The first-order valence-corrected chi connectivity index (χ1v) is 9.50. The van der Waals surface area contributed by atoms with Crippen LogP contribution < -0.4 is 10.6 Å². The van der Waals surface area contributed by atoms with Crippen LogP contribution in [-0.4, -0.2) is 50.1 Å². The smallest absolute Gasteiger partial charge is 0.238 e. The van der Waals surface area contributed by atoms with Gasteiger partial charge in [-0.1, -0.05) is 23.7 Å². The molecule has 0 saturated carbocycles. The lowest BCUT2D eigenvalue weighted by Crippen LogP contribution is -2.40. The third-order valence-corrected chi connectivity index (χ3v) is 4.66. The maximum atomic E-state index is 13.8. The minimum atomic E-state index is -0.584. The number of carbonyl (C=O) groups is 2. The number of amides is 2. The maximum Gasteiger partial charge on any atom is 0.238 e. The molecule has 0 aliphatic heterocycles. The van der Waals surface area contributed by atoms with Crippen LogP contribution in [0.25, 0.3) is 0 Å². The Morgan fingerprint density at radius 2 is 1.72 bits per heavy atom. The minimum absolute atomic E-state index is 0.00553. The second-order valence-corrected chi connectivity index (χ2v) is 7.11. The molecule has 29 heavy (non-hydrogen) atoms. The molecule has 0 heterocycles. The Hall–Kier alpha value is -2.48. The third kappa shape index (κ3) is 7.12. The molecule has 2 rings (SSSR count). The van der Waals surface area contributed by atoms with Gasteiger partial charge >= 0.3 is 0 Å². The Morgan fingerprint density at radius 1 is 1.07 bits per heavy atom. The number of halogens is 2. The van der Waals surface area contributed by atoms with E-state index in [1.807, 2.05) is 32.0 Å². The number of rotatable bonds is 9. The molecule has 8 heteroatoms. The van der Waals surface area contributed by atoms with Gasteiger partial charge in [0.15, 0.2) is 0 Å². The van der Waals surface area contributed by atoms with Crippen LogP contribution in [0.5, 0.6) is 0 Å². The van der Waals surface area contributed by atoms with Gasteiger partial charge in [-0.2, -0.15) is 0 Å². The molecule has 6 nitrogen and oxygen atoms in total. The normalized spacial score (nSPS) is 10.8. The highest BCUT2D eigenvalue weighted by Crippen LogP contribution is 2.20. The number of aryl methyl sites for hydroxylation is 1. The van der Waals surface area contributed by atoms with Crippen LogP contribution >= 0.6 is 11.6 Å². The lowest BCUT2D eigenvalue weighted by atomic mass is 10.1. The highest BCUT2D eigenvalue weighted by Gasteiger charge is 2.17. The number of methoxy groups -OCH3 is 1. The Balaban J connectivity index is 2.00. The van der Waals surface area contributed by atoms with Crippen molar-refractivity contribution in [3.05, 3.63) is 58.4 Å². The van der Waals surface area contributed by atoms with Gasteiger partial charge in [0.05, 0.1) is 25.4 Å². The minimum Gasteiger partial charge on any atom is -0.383 e. The molecule has 0 saturated heterocycles. The van der Waals surface area contributed by atoms with E-state index in [1.165, 1.54) is 25.3 Å². The van der Waals surface area contributed by atoms with Crippen molar-refractivity contribution < 1.29 is 18.7 Å². The zero-order valence-corrected chi connectivity index (χ0v) is 17.5. The summed E-state index contributed by atoms with van der Waals surface area (Å²) in [5, 5.41) is 5.66. The molecule has 0 fully saturated rings. The summed E-state index contributed by atoms with van der Waals surface area (Å²) in [7, 11) is 1.54. The van der Waals surface area contributed by atoms with Crippen LogP contribution in [0.1, 0.15) is 11.1 Å². The number of nitrogens with zero attached hydrogens (tertiary/aromatic N) is 1. The summed E-state index contributed by atoms with van der Waals surface area (Å²) in [5.74, 6) is -1.29. The highest BCUT2D eigenvalue weighted by molar-refractivity contribution is 6.30. The van der Waals surface area contributed by atoms with Crippen molar-refractivity contribution in [2.75, 3.05) is 44.0 Å². The van der Waals surface area contributed by atoms with Crippen LogP contribution in [0.15, 0.2) is 36.4 Å². The molecular formula is C21H25ClFN3O3. The first-order chi connectivity index (χ1) is 13.8. The van der Waals surface area contributed by atoms with E-state index < -0.39 is 11.7 Å². The topological polar surface area (TPSA) is 70.7 Å². The fourth-order valence-electron chi connectivity index (χ4n) is 2.70. The van der Waals surface area contributed by atoms with Gasteiger partial charge in [0, 0.05) is 24.4 Å². The number of hydrogen-bond acceptors (Lipinski definition) is 4. The number of anilines is 2. The molecule has 2 aromatic rings. The van der Waals surface area contributed by atoms with Crippen molar-refractivity contribution in [1.29, 1.82) is 0 Å². The average Bonchev–Trinajstić information content (AvgIpc) is 2.66. The molecule has 2 N–H and O–H groups in total. The number of ether oxygens (including phenoxy) is 1. The van der Waals surface area contributed by atoms with Gasteiger partial charge in [0.1, 0.15) is 5.82 Å². The van der Waals surface area contributed by atoms with E-state index in [9.17, 15) is 14.0 Å². The van der Waals surface area contributed by atoms with E-state index in [0.717, 1.165) is 16.8 Å². The van der Waals surface area contributed by atoms with E-state index in [1.54, 1.807) is 4.90 Å².